The molecular formula is C41H50ClF3N12O4. The van der Waals surface area contributed by atoms with E-state index >= 15 is 0 Å². The van der Waals surface area contributed by atoms with Gasteiger partial charge in [0, 0.05) is 75.4 Å². The zero-order valence-corrected chi connectivity index (χ0v) is 34.4. The molecule has 4 aliphatic heterocycles. The van der Waals surface area contributed by atoms with Crippen LogP contribution in [0.4, 0.5) is 30.4 Å². The summed E-state index contributed by atoms with van der Waals surface area (Å²) in [6.07, 6.45) is 5.79. The van der Waals surface area contributed by atoms with Crippen molar-refractivity contribution in [2.75, 3.05) is 60.9 Å². The monoisotopic (exact) mass is 866 g/mol. The van der Waals surface area contributed by atoms with Crippen molar-refractivity contribution in [3.05, 3.63) is 65.2 Å². The summed E-state index contributed by atoms with van der Waals surface area (Å²) in [6, 6.07) is 6.51. The fourth-order valence-electron chi connectivity index (χ4n) is 9.55. The Bertz CT molecular complexity index is 2280. The molecule has 5 aliphatic rings. The van der Waals surface area contributed by atoms with Gasteiger partial charge >= 0.3 is 0 Å². The molecule has 0 spiro atoms. The molecule has 0 bridgehead atoms. The van der Waals surface area contributed by atoms with Gasteiger partial charge in [-0.25, -0.2) is 22.7 Å². The second-order valence-electron chi connectivity index (χ2n) is 16.8. The number of amides is 4. The normalized spacial score (nSPS) is 24.9. The third kappa shape index (κ3) is 8.77. The fourth-order valence-corrected chi connectivity index (χ4v) is 9.55. The van der Waals surface area contributed by atoms with E-state index in [0.717, 1.165) is 76.1 Å². The van der Waals surface area contributed by atoms with E-state index in [2.05, 4.69) is 41.7 Å². The second kappa shape index (κ2) is 17.6. The van der Waals surface area contributed by atoms with Crippen molar-refractivity contribution in [1.82, 2.24) is 39.5 Å². The summed E-state index contributed by atoms with van der Waals surface area (Å²) < 4.78 is 45.8. The average Bonchev–Trinajstić information content (AvgIpc) is 3.95. The van der Waals surface area contributed by atoms with Crippen LogP contribution in [-0.2, 0) is 16.1 Å². The summed E-state index contributed by atoms with van der Waals surface area (Å²) in [4.78, 5) is 63.4. The summed E-state index contributed by atoms with van der Waals surface area (Å²) in [6.45, 7) is 5.39. The van der Waals surface area contributed by atoms with E-state index in [1.807, 2.05) is 12.1 Å². The first-order chi connectivity index (χ1) is 29.0. The Labute approximate surface area is 356 Å². The first-order valence-corrected chi connectivity index (χ1v) is 20.9. The Morgan fingerprint density at radius 3 is 2.52 bits per heavy atom. The Hall–Kier alpha value is -5.27. The van der Waals surface area contributed by atoms with Gasteiger partial charge in [0.15, 0.2) is 11.3 Å². The van der Waals surface area contributed by atoms with Gasteiger partial charge in [-0.1, -0.05) is 0 Å². The van der Waals surface area contributed by atoms with Gasteiger partial charge in [-0.05, 0) is 87.2 Å². The SMILES string of the molecule is Cl.N[C@@H]1C[C@@H](F)CN(c2ccn3ncc(C(=O)Nc4cn(C5CCC(CCN6CCN(c7ccc8c(c7)CN(C7CCC(=O)NC7=O)C8=O)CC6)CC5)nc4C(F)F)c3n2)C1. The highest BCUT2D eigenvalue weighted by atomic mass is 35.5. The molecule has 7 heterocycles. The molecule has 3 aromatic heterocycles. The number of halogens is 4. The summed E-state index contributed by atoms with van der Waals surface area (Å²) in [7, 11) is 0. The molecule has 1 aliphatic carbocycles. The van der Waals surface area contributed by atoms with E-state index in [0.29, 0.717) is 36.8 Å². The van der Waals surface area contributed by atoms with Gasteiger partial charge in [-0.2, -0.15) is 10.2 Å². The molecule has 1 aromatic carbocycles. The van der Waals surface area contributed by atoms with Crippen LogP contribution in [0.2, 0.25) is 0 Å². The van der Waals surface area contributed by atoms with Crippen LogP contribution in [0.5, 0.6) is 0 Å². The molecule has 326 valence electrons. The van der Waals surface area contributed by atoms with Crippen molar-refractivity contribution in [2.45, 2.75) is 88.6 Å². The molecule has 4 N–H and O–H groups in total. The molecule has 20 heteroatoms. The first kappa shape index (κ1) is 42.4. The van der Waals surface area contributed by atoms with E-state index in [1.54, 1.807) is 26.7 Å². The van der Waals surface area contributed by atoms with E-state index < -0.39 is 36.1 Å². The van der Waals surface area contributed by atoms with Crippen LogP contribution in [0.1, 0.15) is 95.8 Å². The maximum Gasteiger partial charge on any atom is 0.284 e. The van der Waals surface area contributed by atoms with E-state index in [9.17, 15) is 32.3 Å². The Kier molecular flexibility index (Phi) is 12.2. The topological polar surface area (TPSA) is 179 Å². The van der Waals surface area contributed by atoms with Crippen LogP contribution in [-0.4, -0.2) is 122 Å². The van der Waals surface area contributed by atoms with Crippen LogP contribution < -0.4 is 26.2 Å². The largest absolute Gasteiger partial charge is 0.369 e. The molecule has 4 amide bonds. The number of aromatic nitrogens is 5. The minimum Gasteiger partial charge on any atom is -0.369 e. The van der Waals surface area contributed by atoms with Gasteiger partial charge in [0.05, 0.1) is 24.5 Å². The lowest BCUT2D eigenvalue weighted by atomic mass is 9.84. The van der Waals surface area contributed by atoms with Crippen molar-refractivity contribution in [1.29, 1.82) is 0 Å². The number of fused-ring (bicyclic) bond motifs is 2. The number of carbonyl (C=O) groups excluding carboxylic acids is 4. The predicted molar refractivity (Wildman–Crippen MR) is 222 cm³/mol. The molecule has 3 saturated heterocycles. The van der Waals surface area contributed by atoms with Crippen LogP contribution in [0.25, 0.3) is 5.65 Å². The molecule has 0 radical (unpaired) electrons. The summed E-state index contributed by atoms with van der Waals surface area (Å²) in [5, 5.41) is 13.4. The summed E-state index contributed by atoms with van der Waals surface area (Å²) in [5.41, 5.74) is 8.34. The maximum atomic E-state index is 14.3. The van der Waals surface area contributed by atoms with Gasteiger partial charge in [-0.15, -0.1) is 12.4 Å². The third-order valence-corrected chi connectivity index (χ3v) is 12.9. The highest BCUT2D eigenvalue weighted by Gasteiger charge is 2.39. The van der Waals surface area contributed by atoms with Crippen LogP contribution in [0.3, 0.4) is 0 Å². The number of hydrogen-bond acceptors (Lipinski definition) is 11. The van der Waals surface area contributed by atoms with E-state index in [-0.39, 0.29) is 72.6 Å². The quantitative estimate of drug-likeness (QED) is 0.196. The number of alkyl halides is 3. The Balaban J connectivity index is 0.00000514. The zero-order chi connectivity index (χ0) is 41.7. The first-order valence-electron chi connectivity index (χ1n) is 20.9. The fraction of sp³-hybridized carbons (Fsp3) is 0.537. The lowest BCUT2D eigenvalue weighted by Gasteiger charge is -2.37. The number of anilines is 3. The lowest BCUT2D eigenvalue weighted by Crippen LogP contribution is -2.52. The molecule has 1 saturated carbocycles. The van der Waals surface area contributed by atoms with Gasteiger partial charge in [-0.3, -0.25) is 34.1 Å². The van der Waals surface area contributed by atoms with Gasteiger partial charge in [0.2, 0.25) is 11.8 Å². The number of imide groups is 1. The Morgan fingerprint density at radius 2 is 1.79 bits per heavy atom. The van der Waals surface area contributed by atoms with Gasteiger partial charge in [0.1, 0.15) is 23.6 Å². The van der Waals surface area contributed by atoms with E-state index in [4.69, 9.17) is 5.73 Å². The summed E-state index contributed by atoms with van der Waals surface area (Å²) >= 11 is 0. The zero-order valence-electron chi connectivity index (χ0n) is 33.6. The number of piperidine rings is 2. The molecule has 4 aromatic rings. The van der Waals surface area contributed by atoms with E-state index in [1.165, 1.54) is 16.9 Å². The molecule has 4 fully saturated rings. The number of hydrogen-bond donors (Lipinski definition) is 3. The van der Waals surface area contributed by atoms with Crippen molar-refractivity contribution in [2.24, 2.45) is 11.7 Å². The van der Waals surface area contributed by atoms with Crippen molar-refractivity contribution < 1.29 is 32.3 Å². The molecule has 3 atom stereocenters. The molecule has 61 heavy (non-hydrogen) atoms. The standard InChI is InChI=1S/C41H49F3N12O4.ClH/c42-26-18-27(45)22-53(21-26)34-10-12-55-38(48-34)31(19-46-55)39(58)47-32-23-56(50-36(32)37(43)44)28-3-1-24(2-4-28)9-11-51-13-15-52(16-14-51)29-5-6-30-25(17-29)20-54(41(30)60)33-7-8-35(57)49-40(33)59;/h5-6,10,12,17,19,23-24,26-28,33,37H,1-4,7-9,11,13-16,18,20-22,45H2,(H,47,58)(H,49,57,59);1H/t24?,26-,27-,28?,33?;/m1./s1. The number of carbonyl (C=O) groups is 4. The minimum absolute atomic E-state index is 0. The third-order valence-electron chi connectivity index (χ3n) is 12.9. The lowest BCUT2D eigenvalue weighted by molar-refractivity contribution is -0.136. The Morgan fingerprint density at radius 1 is 1.00 bits per heavy atom. The second-order valence-corrected chi connectivity index (χ2v) is 16.8. The minimum atomic E-state index is -2.90. The van der Waals surface area contributed by atoms with Crippen LogP contribution in [0.15, 0.2) is 42.9 Å². The number of nitrogens with two attached hydrogens (primary N) is 1. The van der Waals surface area contributed by atoms with Crippen LogP contribution in [0, 0.1) is 5.92 Å². The van der Waals surface area contributed by atoms with Crippen LogP contribution >= 0.6 is 12.4 Å². The molecule has 9 rings (SSSR count). The number of nitrogens with zero attached hydrogens (tertiary/aromatic N) is 9. The number of piperazine rings is 1. The molecule has 1 unspecified atom stereocenters. The summed E-state index contributed by atoms with van der Waals surface area (Å²) in [5.74, 6) is -0.581. The van der Waals surface area contributed by atoms with Gasteiger partial charge < -0.3 is 25.8 Å². The highest BCUT2D eigenvalue weighted by Crippen LogP contribution is 2.37. The maximum absolute atomic E-state index is 14.3. The molecule has 16 nitrogen and oxygen atoms in total. The average molecular weight is 867 g/mol. The van der Waals surface area contributed by atoms with Crippen molar-refractivity contribution >= 4 is 58.9 Å². The number of nitrogens with one attached hydrogen (secondary N) is 2. The molecular weight excluding hydrogens is 817 g/mol. The highest BCUT2D eigenvalue weighted by molar-refractivity contribution is 6.08. The number of benzene rings is 1. The van der Waals surface area contributed by atoms with Crippen molar-refractivity contribution in [3.8, 4) is 0 Å². The van der Waals surface area contributed by atoms with Crippen molar-refractivity contribution in [3.63, 3.8) is 0 Å². The smallest absolute Gasteiger partial charge is 0.284 e. The predicted octanol–water partition coefficient (Wildman–Crippen LogP) is 4.12. The number of rotatable bonds is 10. The van der Waals surface area contributed by atoms with Gasteiger partial charge in [0.25, 0.3) is 18.2 Å².